The number of hydrogen-bond donors (Lipinski definition) is 1. The fourth-order valence-corrected chi connectivity index (χ4v) is 2.62. The molecule has 0 aromatic carbocycles. The second kappa shape index (κ2) is 4.41. The highest BCUT2D eigenvalue weighted by Gasteiger charge is 2.21. The number of carbonyl (C=O) groups is 1. The van der Waals surface area contributed by atoms with Gasteiger partial charge in [0.15, 0.2) is 0 Å². The normalized spacial score (nSPS) is 16.6. The first-order valence-electron chi connectivity index (χ1n) is 5.24. The molecule has 0 saturated heterocycles. The predicted molar refractivity (Wildman–Crippen MR) is 62.9 cm³/mol. The first-order valence-corrected chi connectivity index (χ1v) is 6.04. The summed E-state index contributed by atoms with van der Waals surface area (Å²) in [6.07, 6.45) is 5.80. The summed E-state index contributed by atoms with van der Waals surface area (Å²) in [6, 6.07) is 1.51. The molecule has 5 heteroatoms. The highest BCUT2D eigenvalue weighted by atomic mass is 79.9. The van der Waals surface area contributed by atoms with Crippen molar-refractivity contribution in [3.63, 3.8) is 0 Å². The van der Waals surface area contributed by atoms with E-state index >= 15 is 0 Å². The summed E-state index contributed by atoms with van der Waals surface area (Å²) in [5.74, 6) is -1.17. The molecule has 1 aliphatic rings. The Balaban J connectivity index is 2.52. The van der Waals surface area contributed by atoms with E-state index in [1.54, 1.807) is 10.8 Å². The molecule has 16 heavy (non-hydrogen) atoms. The Morgan fingerprint density at radius 1 is 1.44 bits per heavy atom. The quantitative estimate of drug-likeness (QED) is 0.908. The first-order chi connectivity index (χ1) is 7.59. The van der Waals surface area contributed by atoms with Gasteiger partial charge in [0.2, 0.25) is 0 Å². The lowest BCUT2D eigenvalue weighted by molar-refractivity contribution is 0.0694. The molecule has 0 atom stereocenters. The molecule has 1 saturated carbocycles. The van der Waals surface area contributed by atoms with E-state index in [-0.39, 0.29) is 11.6 Å². The van der Waals surface area contributed by atoms with E-state index in [0.29, 0.717) is 4.47 Å². The van der Waals surface area contributed by atoms with Crippen molar-refractivity contribution in [2.45, 2.75) is 31.7 Å². The van der Waals surface area contributed by atoms with Gasteiger partial charge in [0.25, 0.3) is 5.56 Å². The molecule has 1 aromatic heterocycles. The second-order valence-electron chi connectivity index (χ2n) is 4.03. The molecule has 86 valence electrons. The van der Waals surface area contributed by atoms with Crippen molar-refractivity contribution in [2.24, 2.45) is 0 Å². The van der Waals surface area contributed by atoms with Crippen LogP contribution in [0.1, 0.15) is 42.1 Å². The fraction of sp³-hybridized carbons (Fsp3) is 0.455. The Morgan fingerprint density at radius 3 is 2.62 bits per heavy atom. The van der Waals surface area contributed by atoms with E-state index in [4.69, 9.17) is 5.11 Å². The number of aromatic nitrogens is 1. The second-order valence-corrected chi connectivity index (χ2v) is 4.94. The highest BCUT2D eigenvalue weighted by molar-refractivity contribution is 9.10. The zero-order valence-corrected chi connectivity index (χ0v) is 10.2. The minimum Gasteiger partial charge on any atom is -0.477 e. The van der Waals surface area contributed by atoms with Crippen LogP contribution in [0.2, 0.25) is 0 Å². The molecule has 1 fully saturated rings. The van der Waals surface area contributed by atoms with Crippen molar-refractivity contribution < 1.29 is 9.90 Å². The summed E-state index contributed by atoms with van der Waals surface area (Å²) in [7, 11) is 0. The summed E-state index contributed by atoms with van der Waals surface area (Å²) in [5.41, 5.74) is -0.566. The summed E-state index contributed by atoms with van der Waals surface area (Å²) < 4.78 is 2.19. The van der Waals surface area contributed by atoms with Gasteiger partial charge in [-0.25, -0.2) is 4.79 Å². The summed E-state index contributed by atoms with van der Waals surface area (Å²) >= 11 is 3.24. The first kappa shape index (κ1) is 11.4. The largest absolute Gasteiger partial charge is 0.477 e. The molecule has 2 rings (SSSR count). The van der Waals surface area contributed by atoms with Crippen LogP contribution in [0.4, 0.5) is 0 Å². The maximum absolute atomic E-state index is 11.9. The molecule has 0 unspecified atom stereocenters. The maximum atomic E-state index is 11.9. The van der Waals surface area contributed by atoms with Gasteiger partial charge < -0.3 is 9.67 Å². The summed E-state index contributed by atoms with van der Waals surface area (Å²) in [6.45, 7) is 0. The van der Waals surface area contributed by atoms with Gasteiger partial charge in [-0.05, 0) is 34.8 Å². The predicted octanol–water partition coefficient (Wildman–Crippen LogP) is 2.42. The Labute approximate surface area is 101 Å². The van der Waals surface area contributed by atoms with Crippen LogP contribution in [0.15, 0.2) is 21.5 Å². The number of carboxylic acid groups (broad SMARTS) is 1. The minimum atomic E-state index is -1.17. The molecular formula is C11H12BrNO3. The van der Waals surface area contributed by atoms with Gasteiger partial charge in [-0.3, -0.25) is 4.79 Å². The van der Waals surface area contributed by atoms with E-state index in [2.05, 4.69) is 15.9 Å². The molecule has 0 bridgehead atoms. The van der Waals surface area contributed by atoms with Crippen LogP contribution in [-0.2, 0) is 0 Å². The average Bonchev–Trinajstić information content (AvgIpc) is 2.73. The molecule has 1 heterocycles. The van der Waals surface area contributed by atoms with Crippen LogP contribution in [0.3, 0.4) is 0 Å². The Hall–Kier alpha value is -1.10. The molecular weight excluding hydrogens is 274 g/mol. The van der Waals surface area contributed by atoms with Crippen LogP contribution >= 0.6 is 15.9 Å². The number of carboxylic acids is 1. The highest BCUT2D eigenvalue weighted by Crippen LogP contribution is 2.28. The molecule has 1 aromatic rings. The minimum absolute atomic E-state index is 0.156. The summed E-state index contributed by atoms with van der Waals surface area (Å²) in [4.78, 5) is 22.8. The van der Waals surface area contributed by atoms with Gasteiger partial charge in [-0.2, -0.15) is 0 Å². The Morgan fingerprint density at radius 2 is 2.06 bits per heavy atom. The third kappa shape index (κ3) is 2.04. The SMILES string of the molecule is O=C(O)c1cc(Br)cn(C2CCCC2)c1=O. The number of nitrogens with zero attached hydrogens (tertiary/aromatic N) is 1. The standard InChI is InChI=1S/C11H12BrNO3/c12-7-5-9(11(15)16)10(14)13(6-7)8-3-1-2-4-8/h5-6,8H,1-4H2,(H,15,16). The van der Waals surface area contributed by atoms with Crippen molar-refractivity contribution in [1.82, 2.24) is 4.57 Å². The van der Waals surface area contributed by atoms with Crippen LogP contribution in [0.5, 0.6) is 0 Å². The summed E-state index contributed by atoms with van der Waals surface area (Å²) in [5, 5.41) is 8.92. The Bertz CT molecular complexity index is 475. The molecule has 0 spiro atoms. The number of pyridine rings is 1. The number of hydrogen-bond acceptors (Lipinski definition) is 2. The third-order valence-electron chi connectivity index (χ3n) is 2.96. The van der Waals surface area contributed by atoms with Crippen LogP contribution in [0.25, 0.3) is 0 Å². The molecule has 1 N–H and O–H groups in total. The molecule has 0 amide bonds. The van der Waals surface area contributed by atoms with Crippen LogP contribution < -0.4 is 5.56 Å². The lowest BCUT2D eigenvalue weighted by atomic mass is 10.2. The zero-order chi connectivity index (χ0) is 11.7. The van der Waals surface area contributed by atoms with Crippen molar-refractivity contribution in [2.75, 3.05) is 0 Å². The number of rotatable bonds is 2. The smallest absolute Gasteiger partial charge is 0.341 e. The van der Waals surface area contributed by atoms with Gasteiger partial charge in [-0.15, -0.1) is 0 Å². The molecule has 0 radical (unpaired) electrons. The monoisotopic (exact) mass is 285 g/mol. The molecule has 0 aliphatic heterocycles. The molecule has 4 nitrogen and oxygen atoms in total. The number of halogens is 1. The van der Waals surface area contributed by atoms with Gasteiger partial charge in [-0.1, -0.05) is 12.8 Å². The topological polar surface area (TPSA) is 59.3 Å². The Kier molecular flexibility index (Phi) is 3.14. The van der Waals surface area contributed by atoms with Gasteiger partial charge in [0.05, 0.1) is 0 Å². The zero-order valence-electron chi connectivity index (χ0n) is 8.65. The van der Waals surface area contributed by atoms with Crippen LogP contribution in [0, 0.1) is 0 Å². The molecule has 1 aliphatic carbocycles. The van der Waals surface area contributed by atoms with Gasteiger partial charge in [0.1, 0.15) is 5.56 Å². The van der Waals surface area contributed by atoms with Crippen molar-refractivity contribution in [1.29, 1.82) is 0 Å². The van der Waals surface area contributed by atoms with E-state index in [1.165, 1.54) is 6.07 Å². The van der Waals surface area contributed by atoms with E-state index in [1.807, 2.05) is 0 Å². The fourth-order valence-electron chi connectivity index (χ4n) is 2.17. The van der Waals surface area contributed by atoms with Crippen LogP contribution in [-0.4, -0.2) is 15.6 Å². The van der Waals surface area contributed by atoms with E-state index in [0.717, 1.165) is 25.7 Å². The lowest BCUT2D eigenvalue weighted by Gasteiger charge is -2.14. The van der Waals surface area contributed by atoms with Crippen molar-refractivity contribution in [3.8, 4) is 0 Å². The van der Waals surface area contributed by atoms with Gasteiger partial charge in [0, 0.05) is 16.7 Å². The number of aromatic carboxylic acids is 1. The van der Waals surface area contributed by atoms with E-state index < -0.39 is 11.5 Å². The lowest BCUT2D eigenvalue weighted by Crippen LogP contribution is -2.28. The van der Waals surface area contributed by atoms with E-state index in [9.17, 15) is 9.59 Å². The third-order valence-corrected chi connectivity index (χ3v) is 3.39. The van der Waals surface area contributed by atoms with Crippen molar-refractivity contribution in [3.05, 3.63) is 32.7 Å². The van der Waals surface area contributed by atoms with Gasteiger partial charge >= 0.3 is 5.97 Å². The van der Waals surface area contributed by atoms with Crippen molar-refractivity contribution >= 4 is 21.9 Å². The average molecular weight is 286 g/mol. The maximum Gasteiger partial charge on any atom is 0.341 e.